The maximum atomic E-state index is 13.7. The molecule has 0 bridgehead atoms. The molecule has 0 saturated heterocycles. The van der Waals surface area contributed by atoms with Crippen LogP contribution in [0.15, 0.2) is 82.4 Å². The topological polar surface area (TPSA) is 62.6 Å². The van der Waals surface area contributed by atoms with Crippen LogP contribution in [0.25, 0.3) is 0 Å². The third-order valence-electron chi connectivity index (χ3n) is 6.36. The number of benzene rings is 2. The van der Waals surface area contributed by atoms with Crippen molar-refractivity contribution in [2.45, 2.75) is 45.1 Å². The standard InChI is InChI=1S/C27H26N2O3/c1-3-25(31)29-22-12-8-7-11-20(22)28-21-15-19(18-9-5-4-6-10-18)16-23(30)26(21)27(29)24-14-13-17(2)32-24/h4-14,19,27-28H,3,15-16H2,1-2H3/t19-,27+/m1/s1. The maximum absolute atomic E-state index is 13.7. The zero-order chi connectivity index (χ0) is 22.2. The average molecular weight is 427 g/mol. The first-order chi connectivity index (χ1) is 15.6. The third-order valence-corrected chi connectivity index (χ3v) is 6.36. The Morgan fingerprint density at radius 1 is 1.03 bits per heavy atom. The van der Waals surface area contributed by atoms with Gasteiger partial charge in [-0.3, -0.25) is 14.5 Å². The Labute approximate surface area is 187 Å². The van der Waals surface area contributed by atoms with Crippen molar-refractivity contribution in [3.63, 3.8) is 0 Å². The Hall–Kier alpha value is -3.60. The van der Waals surface area contributed by atoms with E-state index in [0.717, 1.165) is 28.4 Å². The van der Waals surface area contributed by atoms with E-state index in [9.17, 15) is 9.59 Å². The van der Waals surface area contributed by atoms with Gasteiger partial charge in [0.05, 0.1) is 11.4 Å². The van der Waals surface area contributed by atoms with Gasteiger partial charge in [0.2, 0.25) is 5.91 Å². The molecule has 1 aromatic heterocycles. The van der Waals surface area contributed by atoms with E-state index in [0.29, 0.717) is 30.6 Å². The Morgan fingerprint density at radius 2 is 1.78 bits per heavy atom. The van der Waals surface area contributed by atoms with Crippen LogP contribution in [0.1, 0.15) is 55.2 Å². The van der Waals surface area contributed by atoms with Crippen molar-refractivity contribution in [1.29, 1.82) is 0 Å². The van der Waals surface area contributed by atoms with Crippen LogP contribution in [0.2, 0.25) is 0 Å². The van der Waals surface area contributed by atoms with E-state index in [2.05, 4.69) is 17.4 Å². The molecule has 2 heterocycles. The lowest BCUT2D eigenvalue weighted by atomic mass is 9.79. The summed E-state index contributed by atoms with van der Waals surface area (Å²) in [5, 5.41) is 3.53. The van der Waals surface area contributed by atoms with Gasteiger partial charge < -0.3 is 9.73 Å². The number of amides is 1. The van der Waals surface area contributed by atoms with Crippen molar-refractivity contribution in [2.75, 3.05) is 10.2 Å². The molecule has 1 N–H and O–H groups in total. The summed E-state index contributed by atoms with van der Waals surface area (Å²) in [4.78, 5) is 28.7. The minimum Gasteiger partial charge on any atom is -0.464 e. The van der Waals surface area contributed by atoms with Crippen molar-refractivity contribution < 1.29 is 14.0 Å². The molecule has 32 heavy (non-hydrogen) atoms. The number of rotatable bonds is 3. The molecule has 2 aliphatic rings. The molecule has 0 spiro atoms. The van der Waals surface area contributed by atoms with Crippen LogP contribution in [-0.2, 0) is 9.59 Å². The predicted molar refractivity (Wildman–Crippen MR) is 124 cm³/mol. The number of nitrogens with zero attached hydrogens (tertiary/aromatic N) is 1. The monoisotopic (exact) mass is 426 g/mol. The van der Waals surface area contributed by atoms with Crippen molar-refractivity contribution in [3.8, 4) is 0 Å². The van der Waals surface area contributed by atoms with E-state index in [-0.39, 0.29) is 17.6 Å². The molecule has 5 nitrogen and oxygen atoms in total. The number of hydrogen-bond donors (Lipinski definition) is 1. The van der Waals surface area contributed by atoms with Gasteiger partial charge in [0.1, 0.15) is 17.6 Å². The lowest BCUT2D eigenvalue weighted by molar-refractivity contribution is -0.119. The smallest absolute Gasteiger partial charge is 0.227 e. The summed E-state index contributed by atoms with van der Waals surface area (Å²) < 4.78 is 6.02. The number of para-hydroxylation sites is 2. The van der Waals surface area contributed by atoms with Crippen LogP contribution in [0, 0.1) is 6.92 Å². The first-order valence-corrected chi connectivity index (χ1v) is 11.1. The second-order valence-corrected chi connectivity index (χ2v) is 8.44. The van der Waals surface area contributed by atoms with Crippen molar-refractivity contribution >= 4 is 23.1 Å². The summed E-state index contributed by atoms with van der Waals surface area (Å²) in [6.07, 6.45) is 1.43. The number of anilines is 2. The highest BCUT2D eigenvalue weighted by Gasteiger charge is 2.42. The van der Waals surface area contributed by atoms with E-state index >= 15 is 0 Å². The molecule has 1 aliphatic heterocycles. The zero-order valence-corrected chi connectivity index (χ0v) is 18.3. The van der Waals surface area contributed by atoms with Gasteiger partial charge in [0.15, 0.2) is 5.78 Å². The molecule has 0 radical (unpaired) electrons. The highest BCUT2D eigenvalue weighted by atomic mass is 16.3. The van der Waals surface area contributed by atoms with Crippen LogP contribution in [-0.4, -0.2) is 11.7 Å². The number of ketones is 1. The molecule has 0 saturated carbocycles. The number of hydrogen-bond acceptors (Lipinski definition) is 4. The Bertz CT molecular complexity index is 1210. The van der Waals surface area contributed by atoms with Gasteiger partial charge in [-0.15, -0.1) is 0 Å². The van der Waals surface area contributed by atoms with Crippen LogP contribution in [0.4, 0.5) is 11.4 Å². The Kier molecular flexibility index (Phi) is 5.17. The van der Waals surface area contributed by atoms with Crippen LogP contribution < -0.4 is 10.2 Å². The van der Waals surface area contributed by atoms with Gasteiger partial charge in [-0.1, -0.05) is 49.4 Å². The van der Waals surface area contributed by atoms with Gasteiger partial charge >= 0.3 is 0 Å². The number of allylic oxidation sites excluding steroid dienone is 1. The molecule has 5 heteroatoms. The molecular formula is C27H26N2O3. The summed E-state index contributed by atoms with van der Waals surface area (Å²) in [6, 6.07) is 21.1. The molecule has 162 valence electrons. The fraction of sp³-hybridized carbons (Fsp3) is 0.259. The second kappa shape index (κ2) is 8.15. The molecule has 2 aromatic carbocycles. The van der Waals surface area contributed by atoms with E-state index in [1.54, 1.807) is 4.90 Å². The average Bonchev–Trinajstić information content (AvgIpc) is 3.17. The quantitative estimate of drug-likeness (QED) is 0.566. The molecule has 0 unspecified atom stereocenters. The first-order valence-electron chi connectivity index (χ1n) is 11.1. The molecule has 1 amide bonds. The highest BCUT2D eigenvalue weighted by Crippen LogP contribution is 2.47. The molecule has 0 fully saturated rings. The van der Waals surface area contributed by atoms with Gasteiger partial charge in [-0.25, -0.2) is 0 Å². The SMILES string of the molecule is CCC(=O)N1c2ccccc2NC2=C(C(=O)C[C@H](c3ccccc3)C2)[C@@H]1c1ccc(C)o1. The fourth-order valence-corrected chi connectivity index (χ4v) is 4.87. The molecular weight excluding hydrogens is 400 g/mol. The van der Waals surface area contributed by atoms with Gasteiger partial charge in [0.25, 0.3) is 0 Å². The number of nitrogens with one attached hydrogen (secondary N) is 1. The van der Waals surface area contributed by atoms with E-state index in [1.807, 2.05) is 68.4 Å². The van der Waals surface area contributed by atoms with E-state index < -0.39 is 6.04 Å². The number of furan rings is 1. The first kappa shape index (κ1) is 20.3. The van der Waals surface area contributed by atoms with E-state index in [1.165, 1.54) is 0 Å². The Balaban J connectivity index is 1.71. The van der Waals surface area contributed by atoms with Gasteiger partial charge in [-0.2, -0.15) is 0 Å². The molecule has 2 atom stereocenters. The van der Waals surface area contributed by atoms with Crippen LogP contribution in [0.3, 0.4) is 0 Å². The van der Waals surface area contributed by atoms with Crippen molar-refractivity contribution in [2.24, 2.45) is 0 Å². The van der Waals surface area contributed by atoms with Crippen LogP contribution in [0.5, 0.6) is 0 Å². The third kappa shape index (κ3) is 3.44. The van der Waals surface area contributed by atoms with Gasteiger partial charge in [-0.05, 0) is 49.1 Å². The molecule has 1 aliphatic carbocycles. The second-order valence-electron chi connectivity index (χ2n) is 8.44. The molecule has 5 rings (SSSR count). The number of fused-ring (bicyclic) bond motifs is 1. The van der Waals surface area contributed by atoms with Crippen LogP contribution >= 0.6 is 0 Å². The number of Topliss-reactive ketones (excluding diaryl/α,β-unsaturated/α-hetero) is 1. The summed E-state index contributed by atoms with van der Waals surface area (Å²) in [5.74, 6) is 1.46. The fourth-order valence-electron chi connectivity index (χ4n) is 4.87. The maximum Gasteiger partial charge on any atom is 0.227 e. The van der Waals surface area contributed by atoms with E-state index in [4.69, 9.17) is 4.42 Å². The minimum atomic E-state index is -0.591. The summed E-state index contributed by atoms with van der Waals surface area (Å²) in [7, 11) is 0. The lowest BCUT2D eigenvalue weighted by Crippen LogP contribution is -2.38. The summed E-state index contributed by atoms with van der Waals surface area (Å²) >= 11 is 0. The minimum absolute atomic E-state index is 0.0494. The Morgan fingerprint density at radius 3 is 2.50 bits per heavy atom. The summed E-state index contributed by atoms with van der Waals surface area (Å²) in [6.45, 7) is 3.72. The number of carbonyl (C=O) groups excluding carboxylic acids is 2. The zero-order valence-electron chi connectivity index (χ0n) is 18.3. The number of carbonyl (C=O) groups is 2. The normalized spacial score (nSPS) is 20.3. The van der Waals surface area contributed by atoms with Crippen molar-refractivity contribution in [3.05, 3.63) is 95.1 Å². The molecule has 3 aromatic rings. The summed E-state index contributed by atoms with van der Waals surface area (Å²) in [5.41, 5.74) is 4.24. The van der Waals surface area contributed by atoms with Gasteiger partial charge in [0, 0.05) is 24.1 Å². The highest BCUT2D eigenvalue weighted by molar-refractivity contribution is 6.06. The van der Waals surface area contributed by atoms with Crippen molar-refractivity contribution in [1.82, 2.24) is 0 Å². The predicted octanol–water partition coefficient (Wildman–Crippen LogP) is 5.90. The lowest BCUT2D eigenvalue weighted by Gasteiger charge is -2.33. The number of aryl methyl sites for hydroxylation is 1. The largest absolute Gasteiger partial charge is 0.464 e.